The van der Waals surface area contributed by atoms with Crippen molar-refractivity contribution in [3.05, 3.63) is 0 Å². The second-order valence-electron chi connectivity index (χ2n) is 9.17. The van der Waals surface area contributed by atoms with Gasteiger partial charge in [0.1, 0.15) is 0 Å². The minimum absolute atomic E-state index is 0.497. The summed E-state index contributed by atoms with van der Waals surface area (Å²) in [5, 5.41) is 0. The van der Waals surface area contributed by atoms with Crippen molar-refractivity contribution in [3.63, 3.8) is 0 Å². The lowest BCUT2D eigenvalue weighted by atomic mass is 9.55. The molecule has 1 heterocycles. The highest BCUT2D eigenvalue weighted by Gasteiger charge is 2.53. The number of unbranched alkanes of at least 4 members (excludes halogenated alkanes) is 5. The van der Waals surface area contributed by atoms with Crippen LogP contribution >= 0.6 is 0 Å². The molecule has 0 radical (unpaired) electrons. The topological polar surface area (TPSA) is 3.24 Å². The predicted octanol–water partition coefficient (Wildman–Crippen LogP) is 8.37. The van der Waals surface area contributed by atoms with E-state index in [1.54, 1.807) is 0 Å². The van der Waals surface area contributed by atoms with E-state index >= 15 is 0 Å². The standard InChI is InChI=1S/C25H51N/c1-6-11-17-24(18-12-7-2)19-16-23-26(22-15-10-5)25(24,20-13-8-3)21-14-9-4/h6-23H2,1-5H3. The molecule has 156 valence electrons. The lowest BCUT2D eigenvalue weighted by molar-refractivity contribution is -0.102. The Balaban J connectivity index is 3.28. The molecule has 1 aliphatic heterocycles. The van der Waals surface area contributed by atoms with Crippen LogP contribution in [0.25, 0.3) is 0 Å². The second-order valence-corrected chi connectivity index (χ2v) is 9.17. The Bertz CT molecular complexity index is 319. The molecule has 0 aromatic carbocycles. The maximum atomic E-state index is 3.04. The Morgan fingerprint density at radius 2 is 1.08 bits per heavy atom. The Labute approximate surface area is 166 Å². The van der Waals surface area contributed by atoms with E-state index in [0.717, 1.165) is 0 Å². The van der Waals surface area contributed by atoms with Crippen molar-refractivity contribution < 1.29 is 0 Å². The highest BCUT2D eigenvalue weighted by Crippen LogP contribution is 2.55. The number of piperidine rings is 1. The molecule has 1 nitrogen and oxygen atoms in total. The van der Waals surface area contributed by atoms with Gasteiger partial charge in [-0.3, -0.25) is 4.90 Å². The van der Waals surface area contributed by atoms with Crippen LogP contribution in [0, 0.1) is 5.41 Å². The molecule has 1 fully saturated rings. The predicted molar refractivity (Wildman–Crippen MR) is 119 cm³/mol. The van der Waals surface area contributed by atoms with Crippen molar-refractivity contribution in [1.82, 2.24) is 4.90 Å². The Morgan fingerprint density at radius 3 is 1.54 bits per heavy atom. The van der Waals surface area contributed by atoms with Crippen LogP contribution < -0.4 is 0 Å². The van der Waals surface area contributed by atoms with Crippen LogP contribution in [0.3, 0.4) is 0 Å². The Hall–Kier alpha value is -0.0400. The summed E-state index contributed by atoms with van der Waals surface area (Å²) >= 11 is 0. The van der Waals surface area contributed by atoms with Gasteiger partial charge >= 0.3 is 0 Å². The van der Waals surface area contributed by atoms with Crippen molar-refractivity contribution in [2.75, 3.05) is 13.1 Å². The fraction of sp³-hybridized carbons (Fsp3) is 1.00. The summed E-state index contributed by atoms with van der Waals surface area (Å²) in [7, 11) is 0. The van der Waals surface area contributed by atoms with Crippen LogP contribution in [-0.2, 0) is 0 Å². The van der Waals surface area contributed by atoms with E-state index in [1.165, 1.54) is 116 Å². The first-order valence-corrected chi connectivity index (χ1v) is 12.4. The Morgan fingerprint density at radius 1 is 0.615 bits per heavy atom. The smallest absolute Gasteiger partial charge is 0.0265 e. The van der Waals surface area contributed by atoms with Gasteiger partial charge in [-0.05, 0) is 63.5 Å². The van der Waals surface area contributed by atoms with Crippen molar-refractivity contribution in [1.29, 1.82) is 0 Å². The van der Waals surface area contributed by atoms with Gasteiger partial charge in [-0.1, -0.05) is 92.4 Å². The molecule has 1 aliphatic rings. The number of likely N-dealkylation sites (tertiary alicyclic amines) is 1. The van der Waals surface area contributed by atoms with Crippen molar-refractivity contribution in [2.24, 2.45) is 5.41 Å². The molecule has 0 aromatic rings. The average molecular weight is 366 g/mol. The first kappa shape index (κ1) is 24.0. The summed E-state index contributed by atoms with van der Waals surface area (Å²) in [4.78, 5) is 3.04. The fourth-order valence-corrected chi connectivity index (χ4v) is 5.85. The molecule has 0 amide bonds. The SMILES string of the molecule is CCCCN1CCCC(CCCC)(CCCC)C1(CCCC)CCCC. The molecule has 0 atom stereocenters. The molecule has 1 saturated heterocycles. The molecular formula is C25H51N. The van der Waals surface area contributed by atoms with Gasteiger partial charge in [0.25, 0.3) is 0 Å². The summed E-state index contributed by atoms with van der Waals surface area (Å²) in [6.07, 6.45) is 22.7. The Kier molecular flexibility index (Phi) is 12.2. The lowest BCUT2D eigenvalue weighted by Gasteiger charge is -2.61. The molecular weight excluding hydrogens is 314 g/mol. The van der Waals surface area contributed by atoms with Crippen molar-refractivity contribution in [2.45, 2.75) is 143 Å². The molecule has 0 saturated carbocycles. The second kappa shape index (κ2) is 13.2. The van der Waals surface area contributed by atoms with E-state index in [2.05, 4.69) is 39.5 Å². The van der Waals surface area contributed by atoms with E-state index in [0.29, 0.717) is 11.0 Å². The molecule has 0 unspecified atom stereocenters. The zero-order valence-electron chi connectivity index (χ0n) is 19.2. The normalized spacial score (nSPS) is 19.7. The quantitative estimate of drug-likeness (QED) is 0.282. The van der Waals surface area contributed by atoms with Gasteiger partial charge in [0.15, 0.2) is 0 Å². The van der Waals surface area contributed by atoms with Crippen LogP contribution in [0.15, 0.2) is 0 Å². The molecule has 0 spiro atoms. The number of hydrogen-bond donors (Lipinski definition) is 0. The third-order valence-corrected chi connectivity index (χ3v) is 7.36. The fourth-order valence-electron chi connectivity index (χ4n) is 5.85. The van der Waals surface area contributed by atoms with Gasteiger partial charge in [-0.15, -0.1) is 0 Å². The molecule has 0 aromatic heterocycles. The van der Waals surface area contributed by atoms with E-state index in [9.17, 15) is 0 Å². The van der Waals surface area contributed by atoms with E-state index in [1.807, 2.05) is 0 Å². The van der Waals surface area contributed by atoms with Crippen molar-refractivity contribution in [3.8, 4) is 0 Å². The van der Waals surface area contributed by atoms with Crippen LogP contribution in [0.1, 0.15) is 137 Å². The van der Waals surface area contributed by atoms with E-state index in [4.69, 9.17) is 0 Å². The summed E-state index contributed by atoms with van der Waals surface area (Å²) < 4.78 is 0. The van der Waals surface area contributed by atoms with E-state index < -0.39 is 0 Å². The lowest BCUT2D eigenvalue weighted by Crippen LogP contribution is -2.63. The summed E-state index contributed by atoms with van der Waals surface area (Å²) in [6.45, 7) is 14.7. The van der Waals surface area contributed by atoms with Gasteiger partial charge in [-0.2, -0.15) is 0 Å². The third kappa shape index (κ3) is 5.98. The molecule has 26 heavy (non-hydrogen) atoms. The van der Waals surface area contributed by atoms with E-state index in [-0.39, 0.29) is 0 Å². The van der Waals surface area contributed by atoms with Crippen LogP contribution in [0.5, 0.6) is 0 Å². The van der Waals surface area contributed by atoms with Gasteiger partial charge in [0.05, 0.1) is 0 Å². The largest absolute Gasteiger partial charge is 0.297 e. The minimum Gasteiger partial charge on any atom is -0.297 e. The molecule has 0 aliphatic carbocycles. The van der Waals surface area contributed by atoms with Crippen LogP contribution in [0.4, 0.5) is 0 Å². The zero-order chi connectivity index (χ0) is 19.3. The number of nitrogens with zero attached hydrogens (tertiary/aromatic N) is 1. The zero-order valence-corrected chi connectivity index (χ0v) is 19.2. The maximum Gasteiger partial charge on any atom is 0.0265 e. The molecule has 0 N–H and O–H groups in total. The van der Waals surface area contributed by atoms with Crippen LogP contribution in [0.2, 0.25) is 0 Å². The van der Waals surface area contributed by atoms with Crippen molar-refractivity contribution >= 4 is 0 Å². The summed E-state index contributed by atoms with van der Waals surface area (Å²) in [5.41, 5.74) is 1.09. The van der Waals surface area contributed by atoms with Gasteiger partial charge < -0.3 is 0 Å². The summed E-state index contributed by atoms with van der Waals surface area (Å²) in [6, 6.07) is 0. The first-order chi connectivity index (χ1) is 12.7. The monoisotopic (exact) mass is 365 g/mol. The third-order valence-electron chi connectivity index (χ3n) is 7.36. The first-order valence-electron chi connectivity index (χ1n) is 12.4. The molecule has 1 rings (SSSR count). The highest BCUT2D eigenvalue weighted by molar-refractivity contribution is 5.08. The minimum atomic E-state index is 0.497. The molecule has 0 bridgehead atoms. The highest BCUT2D eigenvalue weighted by atomic mass is 15.2. The number of rotatable bonds is 15. The molecule has 1 heteroatoms. The summed E-state index contributed by atoms with van der Waals surface area (Å²) in [5.74, 6) is 0. The number of hydrogen-bond acceptors (Lipinski definition) is 1. The van der Waals surface area contributed by atoms with Gasteiger partial charge in [-0.25, -0.2) is 0 Å². The van der Waals surface area contributed by atoms with Gasteiger partial charge in [0, 0.05) is 5.54 Å². The van der Waals surface area contributed by atoms with Crippen LogP contribution in [-0.4, -0.2) is 23.5 Å². The van der Waals surface area contributed by atoms with Gasteiger partial charge in [0.2, 0.25) is 0 Å². The average Bonchev–Trinajstić information content (AvgIpc) is 2.67. The maximum absolute atomic E-state index is 3.04.